The van der Waals surface area contributed by atoms with Gasteiger partial charge in [-0.3, -0.25) is 4.79 Å². The van der Waals surface area contributed by atoms with Gasteiger partial charge in [0.05, 0.1) is 0 Å². The highest BCUT2D eigenvalue weighted by atomic mass is 16.5. The van der Waals surface area contributed by atoms with Crippen molar-refractivity contribution in [3.05, 3.63) is 24.3 Å². The minimum atomic E-state index is -1.66. The Balaban J connectivity index is 2.90. The Bertz CT molecular complexity index is 481. The second-order valence-corrected chi connectivity index (χ2v) is 3.58. The topological polar surface area (TPSA) is 110 Å². The molecular weight excluding hydrogens is 256 g/mol. The smallest absolute Gasteiger partial charge is 0.352 e. The van der Waals surface area contributed by atoms with Crippen LogP contribution in [-0.2, 0) is 14.4 Å². The van der Waals surface area contributed by atoms with Gasteiger partial charge < -0.3 is 19.7 Å². The van der Waals surface area contributed by atoms with Gasteiger partial charge in [0, 0.05) is 0 Å². The largest absolute Gasteiger partial charge is 0.479 e. The molecule has 0 aliphatic heterocycles. The third-order valence-electron chi connectivity index (χ3n) is 2.04. The second kappa shape index (κ2) is 6.39. The monoisotopic (exact) mass is 268 g/mol. The van der Waals surface area contributed by atoms with Crippen LogP contribution in [0.15, 0.2) is 24.3 Å². The summed E-state index contributed by atoms with van der Waals surface area (Å²) in [5.74, 6) is -3.25. The number of rotatable bonds is 7. The quantitative estimate of drug-likeness (QED) is 0.695. The molecule has 0 saturated heterocycles. The van der Waals surface area contributed by atoms with Gasteiger partial charge in [-0.15, -0.1) is 0 Å². The summed E-state index contributed by atoms with van der Waals surface area (Å²) < 4.78 is 9.96. The summed E-state index contributed by atoms with van der Waals surface area (Å²) in [4.78, 5) is 32.4. The van der Waals surface area contributed by atoms with Crippen LogP contribution < -0.4 is 9.47 Å². The summed E-state index contributed by atoms with van der Waals surface area (Å²) >= 11 is 0. The van der Waals surface area contributed by atoms with Crippen molar-refractivity contribution in [2.75, 3.05) is 6.61 Å². The van der Waals surface area contributed by atoms with Crippen molar-refractivity contribution in [2.24, 2.45) is 0 Å². The Hall–Kier alpha value is -2.57. The second-order valence-electron chi connectivity index (χ2n) is 3.58. The first-order valence-electron chi connectivity index (χ1n) is 5.25. The average molecular weight is 268 g/mol. The molecule has 0 aliphatic rings. The SMILES string of the molecule is CC(=O)C(Oc1ccccc1OCC(=O)O)C(=O)O. The van der Waals surface area contributed by atoms with E-state index in [0.29, 0.717) is 0 Å². The lowest BCUT2D eigenvalue weighted by Gasteiger charge is -2.15. The fourth-order valence-corrected chi connectivity index (χ4v) is 1.24. The lowest BCUT2D eigenvalue weighted by molar-refractivity contribution is -0.150. The number of carboxylic acid groups (broad SMARTS) is 2. The fourth-order valence-electron chi connectivity index (χ4n) is 1.24. The van der Waals surface area contributed by atoms with Crippen LogP contribution in [0.25, 0.3) is 0 Å². The van der Waals surface area contributed by atoms with Gasteiger partial charge in [0.1, 0.15) is 0 Å². The Morgan fingerprint density at radius 1 is 1.16 bits per heavy atom. The molecule has 1 rings (SSSR count). The number of benzene rings is 1. The third-order valence-corrected chi connectivity index (χ3v) is 2.04. The molecule has 2 N–H and O–H groups in total. The molecule has 1 unspecified atom stereocenters. The van der Waals surface area contributed by atoms with Crippen LogP contribution in [-0.4, -0.2) is 40.6 Å². The predicted octanol–water partition coefficient (Wildman–Crippen LogP) is 0.571. The highest BCUT2D eigenvalue weighted by Gasteiger charge is 2.25. The standard InChI is InChI=1S/C12H12O7/c1-7(13)11(12(16)17)19-9-5-3-2-4-8(9)18-6-10(14)15/h2-5,11H,6H2,1H3,(H,14,15)(H,16,17). The maximum Gasteiger partial charge on any atom is 0.352 e. The van der Waals surface area contributed by atoms with Gasteiger partial charge in [-0.2, -0.15) is 0 Å². The first-order chi connectivity index (χ1) is 8.91. The van der Waals surface area contributed by atoms with Crippen molar-refractivity contribution in [3.8, 4) is 11.5 Å². The maximum atomic E-state index is 11.1. The molecule has 7 nitrogen and oxygen atoms in total. The Labute approximate surface area is 108 Å². The van der Waals surface area contributed by atoms with Gasteiger partial charge in [0.25, 0.3) is 6.10 Å². The van der Waals surface area contributed by atoms with E-state index in [-0.39, 0.29) is 11.5 Å². The zero-order valence-electron chi connectivity index (χ0n) is 10.0. The van der Waals surface area contributed by atoms with Crippen molar-refractivity contribution >= 4 is 17.7 Å². The van der Waals surface area contributed by atoms with Crippen molar-refractivity contribution in [1.82, 2.24) is 0 Å². The summed E-state index contributed by atoms with van der Waals surface area (Å²) in [7, 11) is 0. The zero-order chi connectivity index (χ0) is 14.4. The van der Waals surface area contributed by atoms with Gasteiger partial charge >= 0.3 is 11.9 Å². The number of carbonyl (C=O) groups is 3. The molecule has 0 heterocycles. The Kier molecular flexibility index (Phi) is 4.87. The zero-order valence-corrected chi connectivity index (χ0v) is 10.0. The van der Waals surface area contributed by atoms with Crippen LogP contribution >= 0.6 is 0 Å². The van der Waals surface area contributed by atoms with Gasteiger partial charge in [-0.05, 0) is 19.1 Å². The van der Waals surface area contributed by atoms with E-state index in [0.717, 1.165) is 6.92 Å². The van der Waals surface area contributed by atoms with Crippen LogP contribution in [0.3, 0.4) is 0 Å². The Morgan fingerprint density at radius 3 is 2.21 bits per heavy atom. The normalized spacial score (nSPS) is 11.4. The molecule has 1 atom stereocenters. The number of carboxylic acids is 2. The predicted molar refractivity (Wildman–Crippen MR) is 62.3 cm³/mol. The lowest BCUT2D eigenvalue weighted by atomic mass is 10.2. The molecule has 0 aliphatic carbocycles. The summed E-state index contributed by atoms with van der Waals surface area (Å²) in [5, 5.41) is 17.3. The van der Waals surface area contributed by atoms with Crippen molar-refractivity contribution < 1.29 is 34.1 Å². The minimum absolute atomic E-state index is 0.00801. The number of carbonyl (C=O) groups excluding carboxylic acids is 1. The fraction of sp³-hybridized carbons (Fsp3) is 0.250. The van der Waals surface area contributed by atoms with Gasteiger partial charge in [-0.1, -0.05) is 12.1 Å². The van der Waals surface area contributed by atoms with E-state index in [9.17, 15) is 14.4 Å². The van der Waals surface area contributed by atoms with Gasteiger partial charge in [0.2, 0.25) is 0 Å². The highest BCUT2D eigenvalue weighted by molar-refractivity contribution is 6.00. The van der Waals surface area contributed by atoms with Crippen LogP contribution in [0.5, 0.6) is 11.5 Å². The first-order valence-corrected chi connectivity index (χ1v) is 5.25. The molecule has 1 aromatic rings. The highest BCUT2D eigenvalue weighted by Crippen LogP contribution is 2.27. The van der Waals surface area contributed by atoms with Gasteiger partial charge in [0.15, 0.2) is 23.9 Å². The number of para-hydroxylation sites is 2. The summed E-state index contributed by atoms with van der Waals surface area (Å²) in [6, 6.07) is 5.91. The molecule has 0 aromatic heterocycles. The number of ketones is 1. The molecule has 0 saturated carbocycles. The molecule has 0 amide bonds. The summed E-state index contributed by atoms with van der Waals surface area (Å²) in [5.41, 5.74) is 0. The summed E-state index contributed by atoms with van der Waals surface area (Å²) in [6.45, 7) is 0.484. The van der Waals surface area contributed by atoms with E-state index in [1.165, 1.54) is 12.1 Å². The number of Topliss-reactive ketones (excluding diaryl/α,β-unsaturated/α-hetero) is 1. The number of hydrogen-bond donors (Lipinski definition) is 2. The van der Waals surface area contributed by atoms with Crippen LogP contribution in [0.2, 0.25) is 0 Å². The number of aliphatic carboxylic acids is 2. The Morgan fingerprint density at radius 2 is 1.74 bits per heavy atom. The first kappa shape index (κ1) is 14.5. The van der Waals surface area contributed by atoms with E-state index in [4.69, 9.17) is 19.7 Å². The van der Waals surface area contributed by atoms with Crippen molar-refractivity contribution in [2.45, 2.75) is 13.0 Å². The third kappa shape index (κ3) is 4.30. The van der Waals surface area contributed by atoms with Crippen LogP contribution in [0.1, 0.15) is 6.92 Å². The molecule has 0 radical (unpaired) electrons. The molecular formula is C12H12O7. The molecule has 102 valence electrons. The van der Waals surface area contributed by atoms with E-state index >= 15 is 0 Å². The molecule has 0 spiro atoms. The van der Waals surface area contributed by atoms with E-state index < -0.39 is 30.4 Å². The van der Waals surface area contributed by atoms with E-state index in [2.05, 4.69) is 0 Å². The summed E-state index contributed by atoms with van der Waals surface area (Å²) in [6.07, 6.45) is -1.66. The molecule has 1 aromatic carbocycles. The number of hydrogen-bond acceptors (Lipinski definition) is 5. The molecule has 7 heteroatoms. The molecule has 0 bridgehead atoms. The van der Waals surface area contributed by atoms with Crippen molar-refractivity contribution in [1.29, 1.82) is 0 Å². The van der Waals surface area contributed by atoms with Crippen LogP contribution in [0.4, 0.5) is 0 Å². The van der Waals surface area contributed by atoms with E-state index in [1.54, 1.807) is 12.1 Å². The molecule has 19 heavy (non-hydrogen) atoms. The lowest BCUT2D eigenvalue weighted by Crippen LogP contribution is -2.34. The molecule has 0 fully saturated rings. The average Bonchev–Trinajstić information content (AvgIpc) is 2.33. The van der Waals surface area contributed by atoms with Crippen molar-refractivity contribution in [3.63, 3.8) is 0 Å². The maximum absolute atomic E-state index is 11.1. The van der Waals surface area contributed by atoms with Crippen LogP contribution in [0, 0.1) is 0 Å². The number of ether oxygens (including phenoxy) is 2. The van der Waals surface area contributed by atoms with Gasteiger partial charge in [-0.25, -0.2) is 9.59 Å². The minimum Gasteiger partial charge on any atom is -0.479 e. The van der Waals surface area contributed by atoms with E-state index in [1.807, 2.05) is 0 Å².